The molecule has 5 heterocycles. The van der Waals surface area contributed by atoms with Crippen LogP contribution in [-0.2, 0) is 44.1 Å². The zero-order valence-corrected chi connectivity index (χ0v) is 54.7. The Morgan fingerprint density at radius 2 is 0.650 bits per heavy atom. The van der Waals surface area contributed by atoms with E-state index in [1.165, 1.54) is 5.56 Å². The summed E-state index contributed by atoms with van der Waals surface area (Å²) in [7, 11) is 1.63. The number of aliphatic hydroxyl groups is 1. The predicted octanol–water partition coefficient (Wildman–Crippen LogP) is 8.20. The number of carbonyl (C=O) groups is 4. The topological polar surface area (TPSA) is 362 Å². The fraction of sp³-hybridized carbons (Fsp3) is 0.155. The van der Waals surface area contributed by atoms with Gasteiger partial charge in [0.15, 0.2) is 0 Å². The molecule has 0 unspecified atom stereocenters. The van der Waals surface area contributed by atoms with Crippen LogP contribution >= 0.6 is 12.4 Å². The molecule has 9 N–H and O–H groups in total. The lowest BCUT2D eigenvalue weighted by atomic mass is 10.1. The molecule has 4 amide bonds. The number of aromatic nitrogens is 12. The second-order valence-electron chi connectivity index (χ2n) is 22.3. The van der Waals surface area contributed by atoms with E-state index in [2.05, 4.69) is 70.4 Å². The van der Waals surface area contributed by atoms with E-state index < -0.39 is 23.6 Å². The van der Waals surface area contributed by atoms with Gasteiger partial charge in [-0.1, -0.05) is 148 Å². The molecule has 0 bridgehead atoms. The Hall–Kier alpha value is -12.0. The Morgan fingerprint density at radius 1 is 0.380 bits per heavy atom. The standard InChI is InChI=1S/C21H23N5O3.2C17H16N4O3.C16H14N4O2.ClH/c27-21(23-28)19-7-3-17(4-8-19)14-26-15-20(22-24-26)18-5-1-16(2-6-18)13-25-9-11-29-12-10-25;22-11-13-3-5-14(6-4-13)16-10-21(20-18-16)9-12-1-7-15(8-2-12)17(23)19-24;1-24-15-8-6-13(7-9-15)16-11-21(20-18-16)10-12-2-4-14(5-3-12)17(22)19-23;21-16(18-22)14-8-6-12(7-9-14)10-20-11-15(17-19-20)13-4-2-1-3-5-13;/h1-8,15,28H,9-14H2,(H,23,27);1-8,10,22,24H,9,11H2,(H,19,23);2-9,11,23H,10H2,1H3,(H,19,22);1-9,11,22H,10H2,(H,18,21);1H. The number of halogens is 1. The van der Waals surface area contributed by atoms with E-state index in [-0.39, 0.29) is 19.0 Å². The van der Waals surface area contributed by atoms with Crippen LogP contribution in [0.3, 0.4) is 0 Å². The minimum atomic E-state index is -0.545. The zero-order chi connectivity index (χ0) is 69.3. The van der Waals surface area contributed by atoms with Crippen LogP contribution in [-0.4, -0.2) is 148 Å². The summed E-state index contributed by atoms with van der Waals surface area (Å²) in [6.45, 7) is 6.65. The Morgan fingerprint density at radius 3 is 0.940 bits per heavy atom. The predicted molar refractivity (Wildman–Crippen MR) is 367 cm³/mol. The number of rotatable bonds is 20. The van der Waals surface area contributed by atoms with Gasteiger partial charge in [-0.05, 0) is 106 Å². The molecule has 1 saturated heterocycles. The van der Waals surface area contributed by atoms with Gasteiger partial charge in [-0.15, -0.1) is 32.8 Å². The molecule has 1 aliphatic rings. The number of hydrogen-bond donors (Lipinski definition) is 9. The van der Waals surface area contributed by atoms with Crippen LogP contribution in [0, 0.1) is 0 Å². The maximum Gasteiger partial charge on any atom is 0.274 e. The number of methoxy groups -OCH3 is 1. The molecule has 4 aromatic heterocycles. The second kappa shape index (κ2) is 36.4. The monoisotopic (exact) mass is 1370 g/mol. The van der Waals surface area contributed by atoms with E-state index in [1.54, 1.807) is 121 Å². The highest BCUT2D eigenvalue weighted by Crippen LogP contribution is 2.23. The van der Waals surface area contributed by atoms with E-state index in [0.29, 0.717) is 48.4 Å². The molecule has 512 valence electrons. The third-order valence-corrected chi connectivity index (χ3v) is 15.5. The van der Waals surface area contributed by atoms with Crippen molar-refractivity contribution in [2.45, 2.75) is 39.3 Å². The van der Waals surface area contributed by atoms with Gasteiger partial charge in [-0.25, -0.2) is 40.6 Å². The molecule has 1 aliphatic heterocycles. The molecule has 100 heavy (non-hydrogen) atoms. The molecule has 0 aliphatic carbocycles. The number of benzene rings is 8. The van der Waals surface area contributed by atoms with Crippen LogP contribution in [0.5, 0.6) is 5.75 Å². The molecule has 0 saturated carbocycles. The van der Waals surface area contributed by atoms with Crippen molar-refractivity contribution < 1.29 is 54.6 Å². The van der Waals surface area contributed by atoms with Crippen LogP contribution < -0.4 is 26.7 Å². The van der Waals surface area contributed by atoms with Crippen molar-refractivity contribution in [1.82, 2.24) is 86.8 Å². The van der Waals surface area contributed by atoms with Gasteiger partial charge in [0.2, 0.25) is 0 Å². The number of ether oxygens (including phenoxy) is 2. The minimum absolute atomic E-state index is 0. The number of carbonyl (C=O) groups excluding carboxylic acids is 4. The third kappa shape index (κ3) is 20.5. The molecule has 28 nitrogen and oxygen atoms in total. The molecular formula is C71H70ClN17O11. The number of nitrogens with one attached hydrogen (secondary N) is 4. The highest BCUT2D eigenvalue weighted by Gasteiger charge is 2.14. The first kappa shape index (κ1) is 72.3. The van der Waals surface area contributed by atoms with Crippen LogP contribution in [0.1, 0.15) is 74.8 Å². The van der Waals surface area contributed by atoms with Gasteiger partial charge in [-0.2, -0.15) is 0 Å². The van der Waals surface area contributed by atoms with Crippen LogP contribution in [0.4, 0.5) is 0 Å². The number of hydroxylamine groups is 4. The summed E-state index contributed by atoms with van der Waals surface area (Å²) in [5, 5.41) is 76.8. The summed E-state index contributed by atoms with van der Waals surface area (Å²) in [5.74, 6) is -1.35. The molecule has 0 atom stereocenters. The van der Waals surface area contributed by atoms with E-state index in [1.807, 2.05) is 128 Å². The first-order valence-electron chi connectivity index (χ1n) is 30.9. The van der Waals surface area contributed by atoms with Crippen molar-refractivity contribution in [2.24, 2.45) is 0 Å². The second-order valence-corrected chi connectivity index (χ2v) is 22.3. The zero-order valence-electron chi connectivity index (χ0n) is 53.8. The van der Waals surface area contributed by atoms with Crippen molar-refractivity contribution in [3.05, 3.63) is 281 Å². The van der Waals surface area contributed by atoms with E-state index in [0.717, 1.165) is 111 Å². The summed E-state index contributed by atoms with van der Waals surface area (Å²) in [4.78, 5) is 47.6. The van der Waals surface area contributed by atoms with Gasteiger partial charge in [0.25, 0.3) is 23.6 Å². The summed E-state index contributed by atoms with van der Waals surface area (Å²) < 4.78 is 17.5. The maximum absolute atomic E-state index is 11.4. The Labute approximate surface area is 578 Å². The minimum Gasteiger partial charge on any atom is -0.497 e. The highest BCUT2D eigenvalue weighted by atomic mass is 35.5. The van der Waals surface area contributed by atoms with Crippen molar-refractivity contribution in [1.29, 1.82) is 0 Å². The van der Waals surface area contributed by atoms with Crippen LogP contribution in [0.25, 0.3) is 45.0 Å². The van der Waals surface area contributed by atoms with Gasteiger partial charge in [-0.3, -0.25) is 44.9 Å². The Kier molecular flexibility index (Phi) is 26.3. The van der Waals surface area contributed by atoms with Crippen molar-refractivity contribution in [2.75, 3.05) is 33.4 Å². The lowest BCUT2D eigenvalue weighted by Crippen LogP contribution is -2.35. The van der Waals surface area contributed by atoms with Gasteiger partial charge < -0.3 is 14.6 Å². The largest absolute Gasteiger partial charge is 0.497 e. The summed E-state index contributed by atoms with van der Waals surface area (Å²) in [6.07, 6.45) is 7.48. The molecule has 12 aromatic rings. The Bertz CT molecular complexity index is 4390. The van der Waals surface area contributed by atoms with E-state index in [4.69, 9.17) is 35.4 Å². The van der Waals surface area contributed by atoms with Gasteiger partial charge in [0, 0.05) is 64.1 Å². The van der Waals surface area contributed by atoms with E-state index >= 15 is 0 Å². The summed E-state index contributed by atoms with van der Waals surface area (Å²) in [5.41, 5.74) is 21.1. The molecule has 0 radical (unpaired) electrons. The lowest BCUT2D eigenvalue weighted by molar-refractivity contribution is 0.0342. The van der Waals surface area contributed by atoms with Gasteiger partial charge in [0.05, 0.1) is 77.9 Å². The molecular weight excluding hydrogens is 1300 g/mol. The van der Waals surface area contributed by atoms with Gasteiger partial charge >= 0.3 is 0 Å². The number of aliphatic hydroxyl groups excluding tert-OH is 1. The number of amides is 4. The smallest absolute Gasteiger partial charge is 0.274 e. The number of nitrogens with zero attached hydrogens (tertiary/aromatic N) is 13. The highest BCUT2D eigenvalue weighted by molar-refractivity contribution is 5.94. The van der Waals surface area contributed by atoms with E-state index in [9.17, 15) is 19.2 Å². The number of morpholine rings is 1. The molecule has 0 spiro atoms. The fourth-order valence-corrected chi connectivity index (χ4v) is 10.0. The Balaban J connectivity index is 0.000000156. The fourth-order valence-electron chi connectivity index (χ4n) is 10.0. The molecule has 13 rings (SSSR count). The average molecular weight is 1370 g/mol. The summed E-state index contributed by atoms with van der Waals surface area (Å²) in [6, 6.07) is 61.0. The summed E-state index contributed by atoms with van der Waals surface area (Å²) >= 11 is 0. The number of hydrogen-bond acceptors (Lipinski definition) is 20. The van der Waals surface area contributed by atoms with Gasteiger partial charge in [0.1, 0.15) is 28.5 Å². The van der Waals surface area contributed by atoms with Crippen molar-refractivity contribution in [3.8, 4) is 50.8 Å². The first-order valence-corrected chi connectivity index (χ1v) is 30.9. The quantitative estimate of drug-likeness (QED) is 0.0256. The van der Waals surface area contributed by atoms with Crippen LogP contribution in [0.15, 0.2) is 225 Å². The van der Waals surface area contributed by atoms with Crippen LogP contribution in [0.2, 0.25) is 0 Å². The lowest BCUT2D eigenvalue weighted by Gasteiger charge is -2.26. The molecule has 1 fully saturated rings. The normalized spacial score (nSPS) is 11.6. The first-order chi connectivity index (χ1) is 48.3. The van der Waals surface area contributed by atoms with Crippen molar-refractivity contribution in [3.63, 3.8) is 0 Å². The third-order valence-electron chi connectivity index (χ3n) is 15.5. The maximum atomic E-state index is 11.4. The molecule has 29 heteroatoms. The molecule has 8 aromatic carbocycles. The van der Waals surface area contributed by atoms with Crippen molar-refractivity contribution >= 4 is 36.0 Å². The SMILES string of the molecule is COc1ccc(-c2cn(Cc3ccc(C(=O)NO)cc3)nn2)cc1.Cl.O=C(NO)c1ccc(Cn2cc(-c3ccc(CN4CCOCC4)cc3)nn2)cc1.O=C(NO)c1ccc(Cn2cc(-c3ccc(CO)cc3)nn2)cc1.O=C(NO)c1ccc(Cn2cc(-c3ccccc3)nn2)cc1. The average Bonchev–Trinajstić information content (AvgIpc) is 1.72.